The number of hydrogen-bond acceptors (Lipinski definition) is 8. The number of carbonyl (C=O) groups excluding carboxylic acids is 3. The molecule has 0 bridgehead atoms. The number of aryl methyl sites for hydroxylation is 1. The average molecular weight is 554 g/mol. The Labute approximate surface area is 232 Å². The van der Waals surface area contributed by atoms with E-state index in [0.717, 1.165) is 16.4 Å². The molecule has 1 aromatic carbocycles. The van der Waals surface area contributed by atoms with Crippen molar-refractivity contribution < 1.29 is 23.5 Å². The van der Waals surface area contributed by atoms with Crippen LogP contribution in [0.5, 0.6) is 0 Å². The fourth-order valence-electron chi connectivity index (χ4n) is 4.54. The summed E-state index contributed by atoms with van der Waals surface area (Å²) in [7, 11) is 0. The molecule has 0 spiro atoms. The molecule has 1 saturated heterocycles. The van der Waals surface area contributed by atoms with Crippen molar-refractivity contribution in [2.75, 3.05) is 32.0 Å². The van der Waals surface area contributed by atoms with Crippen LogP contribution in [0.4, 0.5) is 0 Å². The first kappa shape index (κ1) is 28.4. The van der Waals surface area contributed by atoms with Crippen LogP contribution in [0.2, 0.25) is 0 Å². The minimum absolute atomic E-state index is 0.0781. The predicted octanol–water partition coefficient (Wildman–Crippen LogP) is 4.11. The summed E-state index contributed by atoms with van der Waals surface area (Å²) < 4.78 is 12.5. The molecule has 0 saturated carbocycles. The van der Waals surface area contributed by atoms with Crippen LogP contribution in [0.1, 0.15) is 45.1 Å². The second-order valence-corrected chi connectivity index (χ2v) is 10.5. The lowest BCUT2D eigenvalue weighted by Gasteiger charge is -2.40. The summed E-state index contributed by atoms with van der Waals surface area (Å²) in [6.45, 7) is 7.49. The molecule has 1 aliphatic rings. The van der Waals surface area contributed by atoms with E-state index in [2.05, 4.69) is 10.2 Å². The van der Waals surface area contributed by atoms with Gasteiger partial charge in [0.2, 0.25) is 17.6 Å². The largest absolute Gasteiger partial charge is 0.466 e. The summed E-state index contributed by atoms with van der Waals surface area (Å²) in [4.78, 5) is 40.6. The van der Waals surface area contributed by atoms with E-state index < -0.39 is 0 Å². The molecule has 1 unspecified atom stereocenters. The van der Waals surface area contributed by atoms with Crippen molar-refractivity contribution in [2.24, 2.45) is 0 Å². The first-order valence-electron chi connectivity index (χ1n) is 13.3. The molecule has 0 radical (unpaired) electrons. The maximum atomic E-state index is 12.9. The van der Waals surface area contributed by atoms with Gasteiger partial charge in [-0.25, -0.2) is 0 Å². The Kier molecular flexibility index (Phi) is 9.80. The minimum atomic E-state index is -0.362. The summed E-state index contributed by atoms with van der Waals surface area (Å²) in [5.41, 5.74) is 2.11. The van der Waals surface area contributed by atoms with Crippen LogP contribution in [0.25, 0.3) is 17.3 Å². The van der Waals surface area contributed by atoms with Crippen LogP contribution in [0.15, 0.2) is 52.2 Å². The number of amides is 2. The number of thioether (sulfide) groups is 1. The third-order valence-electron chi connectivity index (χ3n) is 6.58. The average Bonchev–Trinajstić information content (AvgIpc) is 3.60. The second-order valence-electron chi connectivity index (χ2n) is 9.49. The molecule has 10 nitrogen and oxygen atoms in total. The number of ether oxygens (including phenoxy) is 1. The molecule has 39 heavy (non-hydrogen) atoms. The van der Waals surface area contributed by atoms with Gasteiger partial charge in [-0.3, -0.25) is 19.0 Å². The Morgan fingerprint density at radius 3 is 2.54 bits per heavy atom. The highest BCUT2D eigenvalue weighted by Gasteiger charge is 2.29. The molecule has 1 atom stereocenters. The third kappa shape index (κ3) is 7.29. The molecule has 0 aliphatic carbocycles. The lowest BCUT2D eigenvalue weighted by atomic mass is 10.1. The molecule has 4 rings (SSSR count). The number of esters is 1. The first-order chi connectivity index (χ1) is 18.9. The quantitative estimate of drug-likeness (QED) is 0.198. The maximum Gasteiger partial charge on any atom is 0.306 e. The SMILES string of the molecule is CCOC(=O)CCC(=O)N1CCN(C(=O)CCCSc2nnc(-c3ccco3)n2-c2ccc(C)cc2)CC1C. The molecule has 2 amide bonds. The lowest BCUT2D eigenvalue weighted by Crippen LogP contribution is -2.55. The van der Waals surface area contributed by atoms with Crippen molar-refractivity contribution in [1.82, 2.24) is 24.6 Å². The lowest BCUT2D eigenvalue weighted by molar-refractivity contribution is -0.147. The van der Waals surface area contributed by atoms with Crippen LogP contribution in [-0.4, -0.2) is 80.4 Å². The van der Waals surface area contributed by atoms with Crippen molar-refractivity contribution >= 4 is 29.5 Å². The number of rotatable bonds is 11. The van der Waals surface area contributed by atoms with Crippen molar-refractivity contribution in [2.45, 2.75) is 57.7 Å². The van der Waals surface area contributed by atoms with Gasteiger partial charge in [-0.15, -0.1) is 10.2 Å². The third-order valence-corrected chi connectivity index (χ3v) is 7.60. The van der Waals surface area contributed by atoms with Crippen LogP contribution >= 0.6 is 11.8 Å². The highest BCUT2D eigenvalue weighted by molar-refractivity contribution is 7.99. The van der Waals surface area contributed by atoms with Crippen LogP contribution in [0.3, 0.4) is 0 Å². The van der Waals surface area contributed by atoms with Gasteiger partial charge in [-0.1, -0.05) is 29.5 Å². The molecule has 2 aromatic heterocycles. The van der Waals surface area contributed by atoms with Gasteiger partial charge in [0, 0.05) is 50.0 Å². The summed E-state index contributed by atoms with van der Waals surface area (Å²) in [5.74, 6) is 1.61. The van der Waals surface area contributed by atoms with Gasteiger partial charge in [0.1, 0.15) is 0 Å². The van der Waals surface area contributed by atoms with Gasteiger partial charge in [-0.2, -0.15) is 0 Å². The zero-order valence-corrected chi connectivity index (χ0v) is 23.5. The topological polar surface area (TPSA) is 111 Å². The number of benzene rings is 1. The van der Waals surface area contributed by atoms with E-state index in [4.69, 9.17) is 9.15 Å². The Hall–Kier alpha value is -3.60. The van der Waals surface area contributed by atoms with Gasteiger partial charge in [-0.05, 0) is 51.5 Å². The number of nitrogens with zero attached hydrogens (tertiary/aromatic N) is 5. The molecule has 208 valence electrons. The Morgan fingerprint density at radius 1 is 1.05 bits per heavy atom. The molecule has 0 N–H and O–H groups in total. The second kappa shape index (κ2) is 13.5. The van der Waals surface area contributed by atoms with Crippen molar-refractivity contribution in [1.29, 1.82) is 0 Å². The molecule has 1 fully saturated rings. The van der Waals surface area contributed by atoms with Gasteiger partial charge in [0.15, 0.2) is 10.9 Å². The number of furan rings is 1. The highest BCUT2D eigenvalue weighted by atomic mass is 32.2. The smallest absolute Gasteiger partial charge is 0.306 e. The summed E-state index contributed by atoms with van der Waals surface area (Å²) >= 11 is 1.56. The highest BCUT2D eigenvalue weighted by Crippen LogP contribution is 2.29. The number of hydrogen-bond donors (Lipinski definition) is 0. The molecule has 11 heteroatoms. The molecule has 1 aliphatic heterocycles. The summed E-state index contributed by atoms with van der Waals surface area (Å²) in [6, 6.07) is 11.7. The van der Waals surface area contributed by atoms with Gasteiger partial charge in [0.05, 0.1) is 19.3 Å². The van der Waals surface area contributed by atoms with Crippen molar-refractivity contribution in [3.63, 3.8) is 0 Å². The van der Waals surface area contributed by atoms with Crippen molar-refractivity contribution in [3.05, 3.63) is 48.2 Å². The Morgan fingerprint density at radius 2 is 1.85 bits per heavy atom. The summed E-state index contributed by atoms with van der Waals surface area (Å²) in [6.07, 6.45) is 2.93. The fraction of sp³-hybridized carbons (Fsp3) is 0.464. The van der Waals surface area contributed by atoms with E-state index >= 15 is 0 Å². The van der Waals surface area contributed by atoms with Gasteiger partial charge in [0.25, 0.3) is 0 Å². The number of aromatic nitrogens is 3. The molecular formula is C28H35N5O5S. The monoisotopic (exact) mass is 553 g/mol. The van der Waals surface area contributed by atoms with E-state index in [1.165, 1.54) is 0 Å². The predicted molar refractivity (Wildman–Crippen MR) is 147 cm³/mol. The summed E-state index contributed by atoms with van der Waals surface area (Å²) in [5, 5.41) is 9.51. The standard InChI is InChI=1S/C28H35N5O5S/c1-4-37-26(36)14-13-25(35)32-16-15-31(19-21(32)3)24(34)8-6-18-39-28-30-29-27(23-7-5-17-38-23)33(28)22-11-9-20(2)10-12-22/h5,7,9-12,17,21H,4,6,8,13-16,18-19H2,1-3H3. The molecule has 3 aromatic rings. The Balaban J connectivity index is 1.28. The van der Waals surface area contributed by atoms with Crippen LogP contribution in [-0.2, 0) is 19.1 Å². The zero-order valence-electron chi connectivity index (χ0n) is 22.7. The van der Waals surface area contributed by atoms with Crippen LogP contribution < -0.4 is 0 Å². The van der Waals surface area contributed by atoms with E-state index in [-0.39, 0.29) is 36.7 Å². The van der Waals surface area contributed by atoms with E-state index in [1.807, 2.05) is 59.7 Å². The van der Waals surface area contributed by atoms with Gasteiger partial charge >= 0.3 is 5.97 Å². The maximum absolute atomic E-state index is 12.9. The number of piperazine rings is 1. The fourth-order valence-corrected chi connectivity index (χ4v) is 5.43. The van der Waals surface area contributed by atoms with E-state index in [1.54, 1.807) is 29.8 Å². The van der Waals surface area contributed by atoms with E-state index in [9.17, 15) is 14.4 Å². The van der Waals surface area contributed by atoms with E-state index in [0.29, 0.717) is 56.4 Å². The van der Waals surface area contributed by atoms with Crippen molar-refractivity contribution in [3.8, 4) is 17.3 Å². The zero-order chi connectivity index (χ0) is 27.8. The molecular weight excluding hydrogens is 518 g/mol. The normalized spacial score (nSPS) is 15.4. The first-order valence-corrected chi connectivity index (χ1v) is 14.3. The number of carbonyl (C=O) groups is 3. The molecule has 3 heterocycles. The Bertz CT molecular complexity index is 1260. The van der Waals surface area contributed by atoms with Gasteiger partial charge < -0.3 is 19.0 Å². The minimum Gasteiger partial charge on any atom is -0.466 e. The van der Waals surface area contributed by atoms with Crippen LogP contribution in [0, 0.1) is 6.92 Å².